The van der Waals surface area contributed by atoms with E-state index in [2.05, 4.69) is 0 Å². The van der Waals surface area contributed by atoms with Crippen molar-refractivity contribution in [1.29, 1.82) is 5.41 Å². The molecule has 13 heavy (non-hydrogen) atoms. The van der Waals surface area contributed by atoms with E-state index in [4.69, 9.17) is 16.2 Å². The van der Waals surface area contributed by atoms with Gasteiger partial charge in [-0.25, -0.2) is 0 Å². The summed E-state index contributed by atoms with van der Waals surface area (Å²) < 4.78 is 0. The van der Waals surface area contributed by atoms with Gasteiger partial charge in [0.05, 0.1) is 0 Å². The van der Waals surface area contributed by atoms with Gasteiger partial charge in [-0.1, -0.05) is 12.1 Å². The molecule has 0 bridgehead atoms. The average Bonchev–Trinajstić information content (AvgIpc) is 2.08. The van der Waals surface area contributed by atoms with Gasteiger partial charge in [0.2, 0.25) is 0 Å². The molecule has 3 nitrogen and oxygen atoms in total. The molecule has 1 unspecified atom stereocenters. The van der Waals surface area contributed by atoms with Crippen LogP contribution < -0.4 is 5.73 Å². The van der Waals surface area contributed by atoms with Crippen molar-refractivity contribution in [3.63, 3.8) is 0 Å². The van der Waals surface area contributed by atoms with E-state index in [9.17, 15) is 0 Å². The molecular weight excluding hydrogens is 164 g/mol. The SMILES string of the molecule is CC(=N)C(N)Cc1ccc(O)cc1. The molecule has 0 fully saturated rings. The minimum Gasteiger partial charge on any atom is -0.508 e. The zero-order valence-electron chi connectivity index (χ0n) is 7.62. The predicted molar refractivity (Wildman–Crippen MR) is 53.2 cm³/mol. The number of aromatic hydroxyl groups is 1. The van der Waals surface area contributed by atoms with Crippen molar-refractivity contribution in [3.05, 3.63) is 29.8 Å². The van der Waals surface area contributed by atoms with Crippen LogP contribution in [0.3, 0.4) is 0 Å². The Morgan fingerprint density at radius 1 is 1.46 bits per heavy atom. The smallest absolute Gasteiger partial charge is 0.115 e. The second-order valence-electron chi connectivity index (χ2n) is 3.16. The first-order valence-corrected chi connectivity index (χ1v) is 4.18. The summed E-state index contributed by atoms with van der Waals surface area (Å²) in [7, 11) is 0. The number of benzene rings is 1. The van der Waals surface area contributed by atoms with Crippen LogP contribution in [0.5, 0.6) is 5.75 Å². The second-order valence-corrected chi connectivity index (χ2v) is 3.16. The maximum Gasteiger partial charge on any atom is 0.115 e. The normalized spacial score (nSPS) is 12.5. The Hall–Kier alpha value is -1.35. The Kier molecular flexibility index (Phi) is 3.03. The van der Waals surface area contributed by atoms with Gasteiger partial charge in [-0.3, -0.25) is 0 Å². The Labute approximate surface area is 77.7 Å². The minimum atomic E-state index is -0.218. The minimum absolute atomic E-state index is 0.218. The lowest BCUT2D eigenvalue weighted by molar-refractivity contribution is 0.475. The summed E-state index contributed by atoms with van der Waals surface area (Å²) in [6.45, 7) is 1.70. The van der Waals surface area contributed by atoms with Gasteiger partial charge >= 0.3 is 0 Å². The third kappa shape index (κ3) is 2.87. The highest BCUT2D eigenvalue weighted by Gasteiger charge is 2.05. The van der Waals surface area contributed by atoms with E-state index in [1.54, 1.807) is 19.1 Å². The summed E-state index contributed by atoms with van der Waals surface area (Å²) in [5, 5.41) is 16.3. The Bertz CT molecular complexity index is 292. The van der Waals surface area contributed by atoms with E-state index in [0.717, 1.165) is 5.56 Å². The average molecular weight is 178 g/mol. The van der Waals surface area contributed by atoms with E-state index >= 15 is 0 Å². The summed E-state index contributed by atoms with van der Waals surface area (Å²) in [6, 6.07) is 6.67. The fourth-order valence-electron chi connectivity index (χ4n) is 1.04. The largest absolute Gasteiger partial charge is 0.508 e. The van der Waals surface area contributed by atoms with Crippen molar-refractivity contribution in [1.82, 2.24) is 0 Å². The van der Waals surface area contributed by atoms with Crippen molar-refractivity contribution in [3.8, 4) is 5.75 Å². The maximum absolute atomic E-state index is 9.03. The molecule has 1 aromatic rings. The molecule has 1 atom stereocenters. The molecule has 0 heterocycles. The molecule has 3 heteroatoms. The van der Waals surface area contributed by atoms with E-state index in [0.29, 0.717) is 12.1 Å². The third-order valence-electron chi connectivity index (χ3n) is 1.95. The van der Waals surface area contributed by atoms with E-state index in [-0.39, 0.29) is 11.8 Å². The number of rotatable bonds is 3. The summed E-state index contributed by atoms with van der Waals surface area (Å²) in [5.41, 5.74) is 7.22. The molecule has 4 N–H and O–H groups in total. The lowest BCUT2D eigenvalue weighted by Crippen LogP contribution is -2.29. The fraction of sp³-hybridized carbons (Fsp3) is 0.300. The second kappa shape index (κ2) is 4.05. The first-order valence-electron chi connectivity index (χ1n) is 4.18. The molecule has 0 radical (unpaired) electrons. The lowest BCUT2D eigenvalue weighted by Gasteiger charge is -2.09. The molecule has 0 saturated carbocycles. The monoisotopic (exact) mass is 178 g/mol. The van der Waals surface area contributed by atoms with Crippen molar-refractivity contribution in [2.24, 2.45) is 5.73 Å². The molecule has 1 rings (SSSR count). The first-order chi connectivity index (χ1) is 6.09. The van der Waals surface area contributed by atoms with Gasteiger partial charge in [-0.05, 0) is 31.0 Å². The molecule has 0 amide bonds. The van der Waals surface area contributed by atoms with Gasteiger partial charge in [-0.2, -0.15) is 0 Å². The van der Waals surface area contributed by atoms with E-state index in [1.165, 1.54) is 0 Å². The first kappa shape index (κ1) is 9.74. The summed E-state index contributed by atoms with van der Waals surface area (Å²) in [4.78, 5) is 0. The Morgan fingerprint density at radius 3 is 2.46 bits per heavy atom. The van der Waals surface area contributed by atoms with Gasteiger partial charge in [0.25, 0.3) is 0 Å². The van der Waals surface area contributed by atoms with Crippen LogP contribution in [0, 0.1) is 5.41 Å². The third-order valence-corrected chi connectivity index (χ3v) is 1.95. The van der Waals surface area contributed by atoms with Crippen LogP contribution in [-0.2, 0) is 6.42 Å². The van der Waals surface area contributed by atoms with Crippen molar-refractivity contribution in [2.75, 3.05) is 0 Å². The zero-order valence-corrected chi connectivity index (χ0v) is 7.62. The van der Waals surface area contributed by atoms with Crippen LogP contribution in [0.2, 0.25) is 0 Å². The van der Waals surface area contributed by atoms with Crippen LogP contribution in [0.4, 0.5) is 0 Å². The van der Waals surface area contributed by atoms with Crippen LogP contribution in [0.25, 0.3) is 0 Å². The van der Waals surface area contributed by atoms with Gasteiger partial charge in [-0.15, -0.1) is 0 Å². The quantitative estimate of drug-likeness (QED) is 0.610. The van der Waals surface area contributed by atoms with Crippen molar-refractivity contribution >= 4 is 5.71 Å². The molecule has 0 saturated heterocycles. The van der Waals surface area contributed by atoms with Crippen LogP contribution in [0.15, 0.2) is 24.3 Å². The molecule has 70 valence electrons. The Morgan fingerprint density at radius 2 is 2.00 bits per heavy atom. The van der Waals surface area contributed by atoms with E-state index in [1.807, 2.05) is 12.1 Å². The van der Waals surface area contributed by atoms with Crippen LogP contribution in [0.1, 0.15) is 12.5 Å². The number of phenols is 1. The number of nitrogens with two attached hydrogens (primary N) is 1. The number of nitrogens with one attached hydrogen (secondary N) is 1. The summed E-state index contributed by atoms with van der Waals surface area (Å²) >= 11 is 0. The predicted octanol–water partition coefficient (Wildman–Crippen LogP) is 1.30. The lowest BCUT2D eigenvalue weighted by atomic mass is 10.0. The van der Waals surface area contributed by atoms with Gasteiger partial charge < -0.3 is 16.2 Å². The zero-order chi connectivity index (χ0) is 9.84. The highest BCUT2D eigenvalue weighted by molar-refractivity contribution is 5.84. The molecule has 0 aliphatic rings. The molecule has 0 spiro atoms. The highest BCUT2D eigenvalue weighted by atomic mass is 16.3. The molecule has 1 aromatic carbocycles. The Balaban J connectivity index is 2.64. The van der Waals surface area contributed by atoms with Crippen LogP contribution >= 0.6 is 0 Å². The number of hydrogen-bond donors (Lipinski definition) is 3. The maximum atomic E-state index is 9.03. The van der Waals surface area contributed by atoms with Gasteiger partial charge in [0.1, 0.15) is 5.75 Å². The molecule has 0 aliphatic heterocycles. The number of hydrogen-bond acceptors (Lipinski definition) is 3. The highest BCUT2D eigenvalue weighted by Crippen LogP contribution is 2.10. The van der Waals surface area contributed by atoms with Gasteiger partial charge in [0.15, 0.2) is 0 Å². The van der Waals surface area contributed by atoms with Crippen LogP contribution in [-0.4, -0.2) is 16.9 Å². The van der Waals surface area contributed by atoms with Crippen molar-refractivity contribution < 1.29 is 5.11 Å². The molecular formula is C10H14N2O. The fourth-order valence-corrected chi connectivity index (χ4v) is 1.04. The van der Waals surface area contributed by atoms with Gasteiger partial charge in [0, 0.05) is 11.8 Å². The molecule has 0 aromatic heterocycles. The number of phenolic OH excluding ortho intramolecular Hbond substituents is 1. The topological polar surface area (TPSA) is 70.1 Å². The standard InChI is InChI=1S/C10H14N2O/c1-7(11)10(12)6-8-2-4-9(13)5-3-8/h2-5,10-11,13H,6,12H2,1H3. The summed E-state index contributed by atoms with van der Waals surface area (Å²) in [6.07, 6.45) is 0.648. The van der Waals surface area contributed by atoms with E-state index < -0.39 is 0 Å². The molecule has 0 aliphatic carbocycles. The summed E-state index contributed by atoms with van der Waals surface area (Å²) in [5.74, 6) is 0.254. The van der Waals surface area contributed by atoms with Crippen molar-refractivity contribution in [2.45, 2.75) is 19.4 Å².